The summed E-state index contributed by atoms with van der Waals surface area (Å²) >= 11 is 1.54. The number of terminal acetylenes is 1. The fraction of sp³-hybridized carbons (Fsp3) is 0.286. The van der Waals surface area contributed by atoms with Gasteiger partial charge in [-0.2, -0.15) is 0 Å². The molecule has 5 rings (SSSR count). The van der Waals surface area contributed by atoms with Crippen LogP contribution in [0.25, 0.3) is 21.7 Å². The van der Waals surface area contributed by atoms with Gasteiger partial charge in [-0.3, -0.25) is 14.5 Å². The summed E-state index contributed by atoms with van der Waals surface area (Å²) in [6, 6.07) is 13.5. The maximum Gasteiger partial charge on any atom is 0.242 e. The van der Waals surface area contributed by atoms with E-state index in [-0.39, 0.29) is 18.5 Å². The van der Waals surface area contributed by atoms with Crippen molar-refractivity contribution in [2.24, 2.45) is 0 Å². The molecule has 0 radical (unpaired) electrons. The first-order valence-corrected chi connectivity index (χ1v) is 12.8. The molecule has 0 N–H and O–H groups in total. The number of carbonyl (C=O) groups is 2. The highest BCUT2D eigenvalue weighted by atomic mass is 32.1. The predicted octanol–water partition coefficient (Wildman–Crippen LogP) is 3.99. The Morgan fingerprint density at radius 1 is 1.25 bits per heavy atom. The zero-order chi connectivity index (χ0) is 25.2. The predicted molar refractivity (Wildman–Crippen MR) is 142 cm³/mol. The van der Waals surface area contributed by atoms with E-state index in [9.17, 15) is 9.59 Å². The second kappa shape index (κ2) is 10.1. The topological polar surface area (TPSA) is 71.3 Å². The SMILES string of the molecule is C#Cc1cc(C=O)cc(CN2CCN(C(=O)Cn3c(-c4scnc4C)nc4ccccc43)[C@H](C)C2)c1. The van der Waals surface area contributed by atoms with Gasteiger partial charge in [0, 0.05) is 43.3 Å². The molecule has 7 nitrogen and oxygen atoms in total. The third kappa shape index (κ3) is 4.68. The minimum atomic E-state index is 0.0518. The Morgan fingerprint density at radius 2 is 2.08 bits per heavy atom. The zero-order valence-electron chi connectivity index (χ0n) is 20.3. The summed E-state index contributed by atoms with van der Waals surface area (Å²) in [6.45, 7) is 7.09. The van der Waals surface area contributed by atoms with Crippen LogP contribution in [-0.4, -0.2) is 62.2 Å². The van der Waals surface area contributed by atoms with Crippen LogP contribution < -0.4 is 0 Å². The Morgan fingerprint density at radius 3 is 2.81 bits per heavy atom. The number of aldehydes is 1. The molecule has 1 aliphatic rings. The van der Waals surface area contributed by atoms with Crippen molar-refractivity contribution in [2.45, 2.75) is 33.0 Å². The lowest BCUT2D eigenvalue weighted by atomic mass is 10.1. The molecule has 1 aliphatic heterocycles. The normalized spacial score (nSPS) is 16.2. The van der Waals surface area contributed by atoms with E-state index in [1.54, 1.807) is 17.4 Å². The lowest BCUT2D eigenvalue weighted by Gasteiger charge is -2.40. The lowest BCUT2D eigenvalue weighted by Crippen LogP contribution is -2.54. The third-order valence-corrected chi connectivity index (χ3v) is 7.58. The summed E-state index contributed by atoms with van der Waals surface area (Å²) in [5, 5.41) is 0. The van der Waals surface area contributed by atoms with Crippen LogP contribution in [0.1, 0.15) is 34.1 Å². The number of carbonyl (C=O) groups excluding carboxylic acids is 2. The van der Waals surface area contributed by atoms with Crippen molar-refractivity contribution in [2.75, 3.05) is 19.6 Å². The molecule has 0 aliphatic carbocycles. The summed E-state index contributed by atoms with van der Waals surface area (Å²) < 4.78 is 2.02. The van der Waals surface area contributed by atoms with Crippen LogP contribution in [0, 0.1) is 19.3 Å². The minimum Gasteiger partial charge on any atom is -0.336 e. The van der Waals surface area contributed by atoms with Gasteiger partial charge in [-0.05, 0) is 49.7 Å². The second-order valence-corrected chi connectivity index (χ2v) is 10.0. The average Bonchev–Trinajstić information content (AvgIpc) is 3.46. The number of fused-ring (bicyclic) bond motifs is 1. The number of amides is 1. The number of hydrogen-bond donors (Lipinski definition) is 0. The molecule has 1 atom stereocenters. The summed E-state index contributed by atoms with van der Waals surface area (Å²) in [6.07, 6.45) is 6.38. The standard InChI is InChI=1S/C28H27N5O2S/c1-4-21-11-22(13-23(12-21)17-34)15-31-9-10-32(19(2)14-31)26(35)16-33-25-8-6-5-7-24(25)30-28(33)27-20(3)29-18-36-27/h1,5-8,11-13,17-19H,9-10,14-16H2,2-3H3/t19-/m1/s1. The number of nitrogens with zero attached hydrogens (tertiary/aromatic N) is 5. The number of para-hydroxylation sites is 2. The van der Waals surface area contributed by atoms with Crippen molar-refractivity contribution < 1.29 is 9.59 Å². The molecule has 1 amide bonds. The quantitative estimate of drug-likeness (QED) is 0.298. The molecule has 0 spiro atoms. The highest BCUT2D eigenvalue weighted by Crippen LogP contribution is 2.30. The van der Waals surface area contributed by atoms with Gasteiger partial charge in [0.2, 0.25) is 5.91 Å². The Bertz CT molecular complexity index is 1480. The maximum atomic E-state index is 13.5. The number of aryl methyl sites for hydroxylation is 1. The molecule has 36 heavy (non-hydrogen) atoms. The number of benzene rings is 2. The van der Waals surface area contributed by atoms with Gasteiger partial charge in [-0.15, -0.1) is 17.8 Å². The Kier molecular flexibility index (Phi) is 6.68. The smallest absolute Gasteiger partial charge is 0.242 e. The molecule has 4 aromatic rings. The number of imidazole rings is 1. The van der Waals surface area contributed by atoms with Crippen LogP contribution in [0.3, 0.4) is 0 Å². The van der Waals surface area contributed by atoms with Crippen LogP contribution in [0.2, 0.25) is 0 Å². The van der Waals surface area contributed by atoms with Gasteiger partial charge < -0.3 is 9.47 Å². The van der Waals surface area contributed by atoms with Gasteiger partial charge in [0.05, 0.1) is 27.1 Å². The summed E-state index contributed by atoms with van der Waals surface area (Å²) in [4.78, 5) is 39.3. The second-order valence-electron chi connectivity index (χ2n) is 9.17. The Labute approximate surface area is 214 Å². The van der Waals surface area contributed by atoms with Crippen LogP contribution in [-0.2, 0) is 17.9 Å². The van der Waals surface area contributed by atoms with Crippen LogP contribution >= 0.6 is 11.3 Å². The van der Waals surface area contributed by atoms with Crippen molar-refractivity contribution in [1.82, 2.24) is 24.3 Å². The van der Waals surface area contributed by atoms with E-state index in [4.69, 9.17) is 11.4 Å². The highest BCUT2D eigenvalue weighted by Gasteiger charge is 2.29. The molecule has 0 saturated carbocycles. The number of aromatic nitrogens is 3. The number of rotatable bonds is 6. The number of piperazine rings is 1. The third-order valence-electron chi connectivity index (χ3n) is 6.65. The van der Waals surface area contributed by atoms with E-state index < -0.39 is 0 Å². The molecular weight excluding hydrogens is 470 g/mol. The first-order chi connectivity index (χ1) is 17.5. The molecule has 0 bridgehead atoms. The van der Waals surface area contributed by atoms with Gasteiger partial charge >= 0.3 is 0 Å². The van der Waals surface area contributed by atoms with Gasteiger partial charge in [0.15, 0.2) is 5.82 Å². The van der Waals surface area contributed by atoms with E-state index in [1.807, 2.05) is 58.3 Å². The molecule has 0 unspecified atom stereocenters. The van der Waals surface area contributed by atoms with Gasteiger partial charge in [0.1, 0.15) is 12.8 Å². The zero-order valence-corrected chi connectivity index (χ0v) is 21.2. The van der Waals surface area contributed by atoms with Gasteiger partial charge in [-0.1, -0.05) is 18.1 Å². The molecule has 1 saturated heterocycles. The molecular formula is C28H27N5O2S. The number of hydrogen-bond acceptors (Lipinski definition) is 6. The molecule has 1 fully saturated rings. The lowest BCUT2D eigenvalue weighted by molar-refractivity contribution is -0.136. The van der Waals surface area contributed by atoms with Crippen molar-refractivity contribution in [1.29, 1.82) is 0 Å². The first-order valence-electron chi connectivity index (χ1n) is 11.9. The molecule has 8 heteroatoms. The van der Waals surface area contributed by atoms with E-state index in [0.717, 1.165) is 52.4 Å². The van der Waals surface area contributed by atoms with Crippen LogP contribution in [0.5, 0.6) is 0 Å². The summed E-state index contributed by atoms with van der Waals surface area (Å²) in [5.74, 6) is 3.48. The van der Waals surface area contributed by atoms with Gasteiger partial charge in [0.25, 0.3) is 0 Å². The molecule has 2 aromatic carbocycles. The van der Waals surface area contributed by atoms with Crippen molar-refractivity contribution in [3.05, 3.63) is 70.4 Å². The fourth-order valence-electron chi connectivity index (χ4n) is 4.92. The molecule has 3 heterocycles. The van der Waals surface area contributed by atoms with E-state index in [0.29, 0.717) is 24.2 Å². The fourth-order valence-corrected chi connectivity index (χ4v) is 5.72. The van der Waals surface area contributed by atoms with E-state index >= 15 is 0 Å². The van der Waals surface area contributed by atoms with E-state index in [2.05, 4.69) is 22.7 Å². The van der Waals surface area contributed by atoms with Crippen LogP contribution in [0.15, 0.2) is 48.0 Å². The number of thiazole rings is 1. The highest BCUT2D eigenvalue weighted by molar-refractivity contribution is 7.13. The minimum absolute atomic E-state index is 0.0518. The Hall–Kier alpha value is -3.80. The maximum absolute atomic E-state index is 13.5. The molecule has 2 aromatic heterocycles. The van der Waals surface area contributed by atoms with Crippen LogP contribution in [0.4, 0.5) is 0 Å². The van der Waals surface area contributed by atoms with Crippen molar-refractivity contribution >= 4 is 34.6 Å². The van der Waals surface area contributed by atoms with E-state index in [1.165, 1.54) is 0 Å². The summed E-state index contributed by atoms with van der Waals surface area (Å²) in [7, 11) is 0. The summed E-state index contributed by atoms with van der Waals surface area (Å²) in [5.41, 5.74) is 6.84. The van der Waals surface area contributed by atoms with Crippen molar-refractivity contribution in [3.8, 4) is 23.0 Å². The first kappa shape index (κ1) is 23.9. The average molecular weight is 498 g/mol. The Balaban J connectivity index is 1.32. The largest absolute Gasteiger partial charge is 0.336 e. The monoisotopic (exact) mass is 497 g/mol. The van der Waals surface area contributed by atoms with Crippen molar-refractivity contribution in [3.63, 3.8) is 0 Å². The van der Waals surface area contributed by atoms with Gasteiger partial charge in [-0.25, -0.2) is 9.97 Å². The molecule has 182 valence electrons.